The Labute approximate surface area is 105 Å². The Balaban J connectivity index is 2.43. The second kappa shape index (κ2) is 5.92. The van der Waals surface area contributed by atoms with Gasteiger partial charge >= 0.3 is 12.1 Å². The second-order valence-electron chi connectivity index (χ2n) is 3.25. The largest absolute Gasteiger partial charge is 0.435 e. The number of ether oxygens (including phenoxy) is 2. The number of benzene rings is 1. The Morgan fingerprint density at radius 2 is 2.06 bits per heavy atom. The van der Waals surface area contributed by atoms with Gasteiger partial charge < -0.3 is 15.2 Å². The van der Waals surface area contributed by atoms with Crippen LogP contribution in [0, 0.1) is 0 Å². The van der Waals surface area contributed by atoms with E-state index in [2.05, 4.69) is 9.47 Å². The summed E-state index contributed by atoms with van der Waals surface area (Å²) < 4.78 is 43.7. The molecular weight excluding hydrogens is 275 g/mol. The lowest BCUT2D eigenvalue weighted by molar-refractivity contribution is -0.190. The van der Waals surface area contributed by atoms with Crippen LogP contribution in [0.15, 0.2) is 18.2 Å². The first-order valence-corrected chi connectivity index (χ1v) is 5.04. The molecule has 0 aliphatic heterocycles. The first-order chi connectivity index (χ1) is 8.29. The van der Waals surface area contributed by atoms with Crippen molar-refractivity contribution >= 4 is 23.3 Å². The number of nitrogens with two attached hydrogens (primary N) is 1. The van der Waals surface area contributed by atoms with Gasteiger partial charge in [0, 0.05) is 0 Å². The number of hydrogen-bond acceptors (Lipinski definition) is 4. The maximum absolute atomic E-state index is 11.7. The molecule has 0 radical (unpaired) electrons. The highest BCUT2D eigenvalue weighted by atomic mass is 35.5. The molecule has 1 rings (SSSR count). The van der Waals surface area contributed by atoms with E-state index >= 15 is 0 Å². The fraction of sp³-hybridized carbons (Fsp3) is 0.300. The summed E-state index contributed by atoms with van der Waals surface area (Å²) in [6, 6.07) is 3.98. The van der Waals surface area contributed by atoms with Gasteiger partial charge in [0.05, 0.1) is 16.3 Å². The van der Waals surface area contributed by atoms with Gasteiger partial charge in [0.2, 0.25) is 0 Å². The van der Waals surface area contributed by atoms with Crippen molar-refractivity contribution in [2.45, 2.75) is 6.18 Å². The van der Waals surface area contributed by atoms with E-state index in [1.165, 1.54) is 18.2 Å². The third-order valence-corrected chi connectivity index (χ3v) is 2.11. The molecule has 0 saturated heterocycles. The van der Waals surface area contributed by atoms with Crippen molar-refractivity contribution in [2.75, 3.05) is 19.1 Å². The van der Waals surface area contributed by atoms with Crippen molar-refractivity contribution in [1.29, 1.82) is 0 Å². The number of rotatable bonds is 4. The molecule has 0 spiro atoms. The van der Waals surface area contributed by atoms with Gasteiger partial charge in [0.1, 0.15) is 6.61 Å². The SMILES string of the molecule is Nc1cc(C(=O)OCOCC(F)(F)F)ccc1Cl. The quantitative estimate of drug-likeness (QED) is 0.399. The summed E-state index contributed by atoms with van der Waals surface area (Å²) in [5.41, 5.74) is 5.70. The van der Waals surface area contributed by atoms with Crippen LogP contribution in [0.1, 0.15) is 10.4 Å². The first-order valence-electron chi connectivity index (χ1n) is 4.66. The summed E-state index contributed by atoms with van der Waals surface area (Å²) >= 11 is 5.64. The van der Waals surface area contributed by atoms with Crippen LogP contribution in [-0.2, 0) is 9.47 Å². The molecule has 4 nitrogen and oxygen atoms in total. The molecule has 0 aromatic heterocycles. The van der Waals surface area contributed by atoms with Gasteiger partial charge in [-0.1, -0.05) is 11.6 Å². The minimum absolute atomic E-state index is 0.0764. The molecule has 0 bridgehead atoms. The number of esters is 1. The molecule has 2 N–H and O–H groups in total. The molecule has 1 aromatic rings. The van der Waals surface area contributed by atoms with E-state index in [0.717, 1.165) is 0 Å². The summed E-state index contributed by atoms with van der Waals surface area (Å²) in [5, 5.41) is 0.264. The molecule has 0 fully saturated rings. The van der Waals surface area contributed by atoms with Crippen molar-refractivity contribution in [3.63, 3.8) is 0 Å². The number of nitrogen functional groups attached to an aromatic ring is 1. The average molecular weight is 284 g/mol. The second-order valence-corrected chi connectivity index (χ2v) is 3.66. The highest BCUT2D eigenvalue weighted by Gasteiger charge is 2.27. The third kappa shape index (κ3) is 4.80. The lowest BCUT2D eigenvalue weighted by Gasteiger charge is -2.08. The fourth-order valence-electron chi connectivity index (χ4n) is 1.01. The van der Waals surface area contributed by atoms with Gasteiger partial charge in [0.25, 0.3) is 0 Å². The number of anilines is 1. The van der Waals surface area contributed by atoms with E-state index in [4.69, 9.17) is 17.3 Å². The Hall–Kier alpha value is -1.47. The minimum Gasteiger partial charge on any atom is -0.435 e. The Morgan fingerprint density at radius 1 is 1.39 bits per heavy atom. The highest BCUT2D eigenvalue weighted by Crippen LogP contribution is 2.20. The Morgan fingerprint density at radius 3 is 2.61 bits per heavy atom. The summed E-state index contributed by atoms with van der Waals surface area (Å²) in [6.45, 7) is -2.27. The number of alkyl halides is 3. The molecule has 0 atom stereocenters. The van der Waals surface area contributed by atoms with E-state index < -0.39 is 25.5 Å². The van der Waals surface area contributed by atoms with E-state index in [0.29, 0.717) is 0 Å². The summed E-state index contributed by atoms with van der Waals surface area (Å²) in [5.74, 6) is -0.847. The van der Waals surface area contributed by atoms with Gasteiger partial charge in [-0.25, -0.2) is 4.79 Å². The zero-order chi connectivity index (χ0) is 13.8. The lowest BCUT2D eigenvalue weighted by Crippen LogP contribution is -2.19. The van der Waals surface area contributed by atoms with E-state index in [1.54, 1.807) is 0 Å². The molecule has 0 amide bonds. The first kappa shape index (κ1) is 14.6. The van der Waals surface area contributed by atoms with Crippen LogP contribution in [0.5, 0.6) is 0 Å². The topological polar surface area (TPSA) is 61.6 Å². The number of halogens is 4. The van der Waals surface area contributed by atoms with Crippen LogP contribution >= 0.6 is 11.6 Å². The van der Waals surface area contributed by atoms with Gasteiger partial charge in [-0.2, -0.15) is 13.2 Å². The van der Waals surface area contributed by atoms with Gasteiger partial charge in [-0.15, -0.1) is 0 Å². The van der Waals surface area contributed by atoms with E-state index in [1.807, 2.05) is 0 Å². The number of carbonyl (C=O) groups excluding carboxylic acids is 1. The standard InChI is InChI=1S/C10H9ClF3NO3/c11-7-2-1-6(3-8(7)15)9(16)18-5-17-4-10(12,13)14/h1-3H,4-5,15H2. The van der Waals surface area contributed by atoms with Crippen LogP contribution in [0.4, 0.5) is 18.9 Å². The summed E-state index contributed by atoms with van der Waals surface area (Å²) in [6.07, 6.45) is -4.46. The van der Waals surface area contributed by atoms with Gasteiger partial charge in [-0.05, 0) is 18.2 Å². The summed E-state index contributed by atoms with van der Waals surface area (Å²) in [4.78, 5) is 11.4. The smallest absolute Gasteiger partial charge is 0.411 e. The van der Waals surface area contributed by atoms with Crippen LogP contribution in [0.25, 0.3) is 0 Å². The molecule has 0 saturated carbocycles. The molecule has 18 heavy (non-hydrogen) atoms. The maximum atomic E-state index is 11.7. The fourth-order valence-corrected chi connectivity index (χ4v) is 1.12. The zero-order valence-corrected chi connectivity index (χ0v) is 9.72. The molecular formula is C10H9ClF3NO3. The zero-order valence-electron chi connectivity index (χ0n) is 8.96. The normalized spacial score (nSPS) is 11.3. The minimum atomic E-state index is -4.46. The van der Waals surface area contributed by atoms with E-state index in [9.17, 15) is 18.0 Å². The molecule has 1 aromatic carbocycles. The lowest BCUT2D eigenvalue weighted by atomic mass is 10.2. The predicted octanol–water partition coefficient (Wildman–Crippen LogP) is 2.62. The molecule has 8 heteroatoms. The molecule has 100 valence electrons. The number of carbonyl (C=O) groups is 1. The van der Waals surface area contributed by atoms with Crippen molar-refractivity contribution in [2.24, 2.45) is 0 Å². The van der Waals surface area contributed by atoms with Crippen LogP contribution in [0.2, 0.25) is 5.02 Å². The third-order valence-electron chi connectivity index (χ3n) is 1.77. The molecule has 0 heterocycles. The van der Waals surface area contributed by atoms with Gasteiger partial charge in [0.15, 0.2) is 6.79 Å². The van der Waals surface area contributed by atoms with Crippen LogP contribution in [-0.4, -0.2) is 25.5 Å². The van der Waals surface area contributed by atoms with Crippen molar-refractivity contribution < 1.29 is 27.4 Å². The average Bonchev–Trinajstić information content (AvgIpc) is 2.26. The monoisotopic (exact) mass is 283 g/mol. The van der Waals surface area contributed by atoms with E-state index in [-0.39, 0.29) is 16.3 Å². The van der Waals surface area contributed by atoms with Crippen molar-refractivity contribution in [3.8, 4) is 0 Å². The molecule has 0 unspecified atom stereocenters. The van der Waals surface area contributed by atoms with Crippen LogP contribution in [0.3, 0.4) is 0 Å². The van der Waals surface area contributed by atoms with Crippen molar-refractivity contribution in [1.82, 2.24) is 0 Å². The highest BCUT2D eigenvalue weighted by molar-refractivity contribution is 6.33. The maximum Gasteiger partial charge on any atom is 0.411 e. The Kier molecular flexibility index (Phi) is 4.80. The summed E-state index contributed by atoms with van der Waals surface area (Å²) in [7, 11) is 0. The Bertz CT molecular complexity index is 437. The predicted molar refractivity (Wildman–Crippen MR) is 58.2 cm³/mol. The van der Waals surface area contributed by atoms with Gasteiger partial charge in [-0.3, -0.25) is 0 Å². The molecule has 0 aliphatic rings. The molecule has 0 aliphatic carbocycles. The van der Waals surface area contributed by atoms with Crippen molar-refractivity contribution in [3.05, 3.63) is 28.8 Å². The van der Waals surface area contributed by atoms with Crippen LogP contribution < -0.4 is 5.73 Å². The number of hydrogen-bond donors (Lipinski definition) is 1.